The summed E-state index contributed by atoms with van der Waals surface area (Å²) >= 11 is 0. The fourth-order valence-corrected chi connectivity index (χ4v) is 3.65. The lowest BCUT2D eigenvalue weighted by Gasteiger charge is -2.27. The van der Waals surface area contributed by atoms with Gasteiger partial charge in [0.1, 0.15) is 23.9 Å². The molecule has 0 radical (unpaired) electrons. The molecule has 4 amide bonds. The Hall–Kier alpha value is -4.46. The van der Waals surface area contributed by atoms with Crippen molar-refractivity contribution in [3.05, 3.63) is 48.0 Å². The molecule has 14 nitrogen and oxygen atoms in total. The number of aromatic hydroxyl groups is 1. The number of carboxylic acid groups (broad SMARTS) is 1. The number of aromatic nitrogens is 2. The number of nitrogens with zero attached hydrogens (tertiary/aromatic N) is 1. The van der Waals surface area contributed by atoms with Crippen LogP contribution in [0.2, 0.25) is 0 Å². The highest BCUT2D eigenvalue weighted by atomic mass is 16.4. The number of benzene rings is 1. The third-order valence-corrected chi connectivity index (χ3v) is 5.89. The number of imidazole rings is 1. The normalized spacial score (nSPS) is 14.1. The van der Waals surface area contributed by atoms with Crippen molar-refractivity contribution in [1.29, 1.82) is 0 Å². The van der Waals surface area contributed by atoms with E-state index in [1.165, 1.54) is 24.7 Å². The van der Waals surface area contributed by atoms with Crippen LogP contribution in [-0.4, -0.2) is 73.9 Å². The van der Waals surface area contributed by atoms with Crippen molar-refractivity contribution in [3.63, 3.8) is 0 Å². The van der Waals surface area contributed by atoms with Crippen LogP contribution in [0.4, 0.5) is 0 Å². The fourth-order valence-electron chi connectivity index (χ4n) is 3.65. The van der Waals surface area contributed by atoms with Crippen LogP contribution >= 0.6 is 0 Å². The molecule has 0 saturated heterocycles. The molecule has 1 heterocycles. The van der Waals surface area contributed by atoms with Gasteiger partial charge in [0.25, 0.3) is 0 Å². The zero-order valence-electron chi connectivity index (χ0n) is 21.7. The van der Waals surface area contributed by atoms with Gasteiger partial charge >= 0.3 is 5.97 Å². The Kier molecular flexibility index (Phi) is 11.4. The largest absolute Gasteiger partial charge is 0.508 e. The van der Waals surface area contributed by atoms with Gasteiger partial charge in [-0.05, 0) is 30.0 Å². The Morgan fingerprint density at radius 3 is 2.13 bits per heavy atom. The number of hydrogen-bond donors (Lipinski definition) is 8. The van der Waals surface area contributed by atoms with Crippen LogP contribution in [0.3, 0.4) is 0 Å². The van der Waals surface area contributed by atoms with E-state index in [-0.39, 0.29) is 31.4 Å². The zero-order valence-corrected chi connectivity index (χ0v) is 21.7. The molecular formula is C25H35N7O7. The van der Waals surface area contributed by atoms with Crippen molar-refractivity contribution in [2.75, 3.05) is 0 Å². The SMILES string of the molecule is CC(C)C(NC(=O)C(N)CCC(N)=O)C(=O)NC(Cc1ccc(O)cc1)C(=O)NC(Cc1cnc[nH]1)C(=O)O. The van der Waals surface area contributed by atoms with Crippen LogP contribution < -0.4 is 27.4 Å². The molecule has 1 aromatic heterocycles. The first-order valence-corrected chi connectivity index (χ1v) is 12.3. The van der Waals surface area contributed by atoms with E-state index in [9.17, 15) is 34.2 Å². The van der Waals surface area contributed by atoms with Gasteiger partial charge in [-0.15, -0.1) is 0 Å². The van der Waals surface area contributed by atoms with Crippen LogP contribution in [0.25, 0.3) is 0 Å². The van der Waals surface area contributed by atoms with Gasteiger partial charge in [0, 0.05) is 31.2 Å². The van der Waals surface area contributed by atoms with Crippen molar-refractivity contribution in [1.82, 2.24) is 25.9 Å². The first-order chi connectivity index (χ1) is 18.4. The number of aromatic amines is 1. The molecule has 1 aromatic carbocycles. The molecular weight excluding hydrogens is 510 g/mol. The summed E-state index contributed by atoms with van der Waals surface area (Å²) in [5.41, 5.74) is 12.0. The van der Waals surface area contributed by atoms with Crippen LogP contribution in [0.15, 0.2) is 36.8 Å². The van der Waals surface area contributed by atoms with E-state index in [1.807, 2.05) is 0 Å². The van der Waals surface area contributed by atoms with Crippen molar-refractivity contribution >= 4 is 29.6 Å². The maximum Gasteiger partial charge on any atom is 0.326 e. The summed E-state index contributed by atoms with van der Waals surface area (Å²) in [4.78, 5) is 68.5. The Bertz CT molecular complexity index is 1140. The van der Waals surface area contributed by atoms with Crippen molar-refractivity contribution in [2.24, 2.45) is 17.4 Å². The first kappa shape index (κ1) is 30.8. The molecule has 4 atom stereocenters. The van der Waals surface area contributed by atoms with E-state index in [0.717, 1.165) is 0 Å². The summed E-state index contributed by atoms with van der Waals surface area (Å²) in [5.74, 6) is -4.45. The van der Waals surface area contributed by atoms with E-state index in [1.54, 1.807) is 26.0 Å². The minimum Gasteiger partial charge on any atom is -0.508 e. The van der Waals surface area contributed by atoms with E-state index >= 15 is 0 Å². The molecule has 0 aliphatic carbocycles. The average molecular weight is 546 g/mol. The zero-order chi connectivity index (χ0) is 29.1. The molecule has 39 heavy (non-hydrogen) atoms. The summed E-state index contributed by atoms with van der Waals surface area (Å²) in [6.45, 7) is 3.36. The molecule has 0 aliphatic rings. The molecule has 14 heteroatoms. The summed E-state index contributed by atoms with van der Waals surface area (Å²) in [6, 6.07) is 1.22. The van der Waals surface area contributed by atoms with Gasteiger partial charge in [-0.3, -0.25) is 19.2 Å². The number of nitrogens with two attached hydrogens (primary N) is 2. The van der Waals surface area contributed by atoms with E-state index < -0.39 is 59.7 Å². The summed E-state index contributed by atoms with van der Waals surface area (Å²) in [6.07, 6.45) is 2.59. The molecule has 10 N–H and O–H groups in total. The van der Waals surface area contributed by atoms with Crippen LogP contribution in [0.1, 0.15) is 37.9 Å². The third-order valence-electron chi connectivity index (χ3n) is 5.89. The quantitative estimate of drug-likeness (QED) is 0.132. The number of primary amides is 1. The van der Waals surface area contributed by atoms with Gasteiger partial charge < -0.3 is 42.6 Å². The average Bonchev–Trinajstić information content (AvgIpc) is 3.38. The highest BCUT2D eigenvalue weighted by molar-refractivity contribution is 5.94. The molecule has 0 spiro atoms. The number of carboxylic acids is 1. The number of rotatable bonds is 15. The van der Waals surface area contributed by atoms with Gasteiger partial charge in [-0.2, -0.15) is 0 Å². The molecule has 212 valence electrons. The Morgan fingerprint density at radius 1 is 0.949 bits per heavy atom. The van der Waals surface area contributed by atoms with Gasteiger partial charge in [0.15, 0.2) is 0 Å². The van der Waals surface area contributed by atoms with Crippen molar-refractivity contribution in [2.45, 2.75) is 63.7 Å². The minimum atomic E-state index is -1.32. The van der Waals surface area contributed by atoms with E-state index in [0.29, 0.717) is 11.3 Å². The fraction of sp³-hybridized carbons (Fsp3) is 0.440. The maximum absolute atomic E-state index is 13.3. The number of hydrogen-bond acceptors (Lipinski definition) is 8. The lowest BCUT2D eigenvalue weighted by atomic mass is 10.00. The van der Waals surface area contributed by atoms with Gasteiger partial charge in [0.2, 0.25) is 23.6 Å². The predicted octanol–water partition coefficient (Wildman–Crippen LogP) is -1.31. The molecule has 0 bridgehead atoms. The van der Waals surface area contributed by atoms with Crippen molar-refractivity contribution < 1.29 is 34.2 Å². The molecule has 0 aliphatic heterocycles. The second-order valence-electron chi connectivity index (χ2n) is 9.45. The predicted molar refractivity (Wildman–Crippen MR) is 139 cm³/mol. The minimum absolute atomic E-state index is 0.00421. The van der Waals surface area contributed by atoms with E-state index in [2.05, 4.69) is 25.9 Å². The third kappa shape index (κ3) is 10.1. The number of phenolic OH excluding ortho intramolecular Hbond substituents is 1. The topological polar surface area (TPSA) is 243 Å². The summed E-state index contributed by atoms with van der Waals surface area (Å²) < 4.78 is 0. The lowest BCUT2D eigenvalue weighted by Crippen LogP contribution is -2.59. The number of phenols is 1. The van der Waals surface area contributed by atoms with Gasteiger partial charge in [0.05, 0.1) is 12.4 Å². The first-order valence-electron chi connectivity index (χ1n) is 12.3. The van der Waals surface area contributed by atoms with Gasteiger partial charge in [-0.25, -0.2) is 9.78 Å². The lowest BCUT2D eigenvalue weighted by molar-refractivity contribution is -0.142. The number of H-pyrrole nitrogens is 1. The molecule has 2 aromatic rings. The Morgan fingerprint density at radius 2 is 1.59 bits per heavy atom. The number of amides is 4. The second kappa shape index (κ2) is 14.5. The molecule has 4 unspecified atom stereocenters. The standard InChI is InChI=1S/C25H35N7O7/c1-13(2)21(32-22(35)17(26)7-8-20(27)34)24(37)30-18(9-14-3-5-16(33)6-4-14)23(36)31-19(25(38)39)10-15-11-28-12-29-15/h3-6,11-13,17-19,21,33H,7-10,26H2,1-2H3,(H2,27,34)(H,28,29)(H,30,37)(H,31,36)(H,32,35)(H,38,39). The van der Waals surface area contributed by atoms with Crippen LogP contribution in [0.5, 0.6) is 5.75 Å². The molecule has 0 saturated carbocycles. The monoisotopic (exact) mass is 545 g/mol. The van der Waals surface area contributed by atoms with Crippen molar-refractivity contribution in [3.8, 4) is 5.75 Å². The Labute approximate surface area is 224 Å². The summed E-state index contributed by atoms with van der Waals surface area (Å²) in [7, 11) is 0. The van der Waals surface area contributed by atoms with Gasteiger partial charge in [-0.1, -0.05) is 26.0 Å². The number of nitrogens with one attached hydrogen (secondary N) is 4. The van der Waals surface area contributed by atoms with Crippen LogP contribution in [0, 0.1) is 5.92 Å². The summed E-state index contributed by atoms with van der Waals surface area (Å²) in [5, 5.41) is 26.8. The Balaban J connectivity index is 2.21. The maximum atomic E-state index is 13.3. The smallest absolute Gasteiger partial charge is 0.326 e. The van der Waals surface area contributed by atoms with E-state index in [4.69, 9.17) is 11.5 Å². The molecule has 2 rings (SSSR count). The number of aliphatic carboxylic acids is 1. The second-order valence-corrected chi connectivity index (χ2v) is 9.45. The highest BCUT2D eigenvalue weighted by Gasteiger charge is 2.32. The highest BCUT2D eigenvalue weighted by Crippen LogP contribution is 2.13. The molecule has 0 fully saturated rings. The number of carbonyl (C=O) groups excluding carboxylic acids is 4. The number of carbonyl (C=O) groups is 5. The van der Waals surface area contributed by atoms with Crippen LogP contribution in [-0.2, 0) is 36.8 Å².